The van der Waals surface area contributed by atoms with Crippen molar-refractivity contribution in [2.45, 2.75) is 31.2 Å². The average Bonchev–Trinajstić information content (AvgIpc) is 2.69. The molecule has 0 unspecified atom stereocenters. The molecular weight excluding hydrogens is 412 g/mol. The van der Waals surface area contributed by atoms with Gasteiger partial charge in [0, 0.05) is 19.6 Å². The van der Waals surface area contributed by atoms with Crippen LogP contribution in [0.15, 0.2) is 35.2 Å². The van der Waals surface area contributed by atoms with Crippen LogP contribution in [0.2, 0.25) is 5.02 Å². The molecule has 1 aliphatic heterocycles. The van der Waals surface area contributed by atoms with Crippen LogP contribution < -0.4 is 14.2 Å². The number of aryl methyl sites for hydroxylation is 1. The number of hydrogen-bond donors (Lipinski definition) is 1. The molecule has 0 radical (unpaired) electrons. The third kappa shape index (κ3) is 5.04. The van der Waals surface area contributed by atoms with Gasteiger partial charge in [0.25, 0.3) is 0 Å². The topological polar surface area (TPSA) is 67.9 Å². The van der Waals surface area contributed by atoms with E-state index in [0.29, 0.717) is 18.5 Å². The molecule has 1 aliphatic rings. The molecule has 3 rings (SSSR count). The summed E-state index contributed by atoms with van der Waals surface area (Å²) >= 11 is 6.10. The number of sulfonamides is 1. The lowest BCUT2D eigenvalue weighted by molar-refractivity contribution is 0.250. The monoisotopic (exact) mass is 438 g/mol. The van der Waals surface area contributed by atoms with E-state index in [1.807, 2.05) is 12.1 Å². The molecule has 0 spiro atoms. The number of nitrogens with zero attached hydrogens (tertiary/aromatic N) is 1. The highest BCUT2D eigenvalue weighted by molar-refractivity contribution is 7.89. The highest BCUT2D eigenvalue weighted by Gasteiger charge is 2.21. The lowest BCUT2D eigenvalue weighted by Gasteiger charge is -2.29. The fourth-order valence-corrected chi connectivity index (χ4v) is 5.57. The summed E-state index contributed by atoms with van der Waals surface area (Å²) in [4.78, 5) is 2.48. The van der Waals surface area contributed by atoms with Gasteiger partial charge in [-0.1, -0.05) is 23.7 Å². The van der Waals surface area contributed by atoms with Gasteiger partial charge in [0.05, 0.1) is 19.2 Å². The Kier molecular flexibility index (Phi) is 7.05. The van der Waals surface area contributed by atoms with Crippen LogP contribution in [-0.4, -0.2) is 47.2 Å². The van der Waals surface area contributed by atoms with Crippen molar-refractivity contribution < 1.29 is 17.9 Å². The van der Waals surface area contributed by atoms with Gasteiger partial charge in [0.1, 0.15) is 4.90 Å². The third-order valence-electron chi connectivity index (χ3n) is 5.17. The highest BCUT2D eigenvalue weighted by atomic mass is 35.5. The zero-order chi connectivity index (χ0) is 21.0. The normalized spacial score (nSPS) is 14.5. The van der Waals surface area contributed by atoms with Crippen LogP contribution in [0.25, 0.3) is 0 Å². The number of nitrogens with one attached hydrogen (secondary N) is 1. The summed E-state index contributed by atoms with van der Waals surface area (Å²) in [5.41, 5.74) is 3.14. The van der Waals surface area contributed by atoms with E-state index in [0.717, 1.165) is 37.6 Å². The van der Waals surface area contributed by atoms with Crippen LogP contribution in [0.1, 0.15) is 23.1 Å². The van der Waals surface area contributed by atoms with Gasteiger partial charge in [-0.05, 0) is 61.2 Å². The largest absolute Gasteiger partial charge is 0.493 e. The van der Waals surface area contributed by atoms with Gasteiger partial charge in [-0.3, -0.25) is 4.90 Å². The molecular formula is C21H27ClN2O4S. The molecule has 0 aliphatic carbocycles. The summed E-state index contributed by atoms with van der Waals surface area (Å²) in [7, 11) is -0.341. The van der Waals surface area contributed by atoms with Crippen molar-refractivity contribution in [2.24, 2.45) is 0 Å². The molecule has 158 valence electrons. The molecule has 8 heteroatoms. The number of methoxy groups -OCH3 is 2. The van der Waals surface area contributed by atoms with Crippen molar-refractivity contribution in [1.82, 2.24) is 9.62 Å². The summed E-state index contributed by atoms with van der Waals surface area (Å²) < 4.78 is 38.6. The number of halogens is 1. The van der Waals surface area contributed by atoms with Crippen LogP contribution in [0.4, 0.5) is 0 Å². The third-order valence-corrected chi connectivity index (χ3v) is 7.26. The Labute approximate surface area is 177 Å². The van der Waals surface area contributed by atoms with Gasteiger partial charge in [0.15, 0.2) is 11.5 Å². The predicted octanol–water partition coefficient (Wildman–Crippen LogP) is 3.39. The van der Waals surface area contributed by atoms with Crippen LogP contribution in [0, 0.1) is 6.92 Å². The molecule has 0 saturated carbocycles. The minimum Gasteiger partial charge on any atom is -0.493 e. The van der Waals surface area contributed by atoms with Crippen LogP contribution in [0.5, 0.6) is 11.5 Å². The first-order chi connectivity index (χ1) is 13.9. The van der Waals surface area contributed by atoms with Gasteiger partial charge in [-0.25, -0.2) is 13.1 Å². The Morgan fingerprint density at radius 2 is 1.83 bits per heavy atom. The van der Waals surface area contributed by atoms with E-state index in [-0.39, 0.29) is 9.92 Å². The number of fused-ring (bicyclic) bond motifs is 1. The Morgan fingerprint density at radius 3 is 2.48 bits per heavy atom. The number of rotatable bonds is 8. The standard InChI is InChI=1S/C21H27ClN2O4S/c1-15-6-4-7-18(22)21(15)29(25,26)23-9-5-10-24-11-8-16-12-19(27-2)20(28-3)13-17(16)14-24/h4,6-7,12-13,23H,5,8-11,14H2,1-3H3. The molecule has 0 atom stereocenters. The van der Waals surface area contributed by atoms with Crippen molar-refractivity contribution in [1.29, 1.82) is 0 Å². The van der Waals surface area contributed by atoms with Crippen molar-refractivity contribution in [3.05, 3.63) is 52.0 Å². The number of hydrogen-bond acceptors (Lipinski definition) is 5. The summed E-state index contributed by atoms with van der Waals surface area (Å²) in [6.45, 7) is 4.65. The molecule has 0 amide bonds. The van der Waals surface area contributed by atoms with Crippen LogP contribution >= 0.6 is 11.6 Å². The maximum absolute atomic E-state index is 12.6. The number of benzene rings is 2. The van der Waals surface area contributed by atoms with Gasteiger partial charge in [0.2, 0.25) is 10.0 Å². The molecule has 0 bridgehead atoms. The van der Waals surface area contributed by atoms with E-state index in [1.165, 1.54) is 11.1 Å². The average molecular weight is 439 g/mol. The molecule has 29 heavy (non-hydrogen) atoms. The molecule has 0 fully saturated rings. The van der Waals surface area contributed by atoms with E-state index >= 15 is 0 Å². The van der Waals surface area contributed by atoms with E-state index in [1.54, 1.807) is 39.3 Å². The molecule has 0 saturated heterocycles. The smallest absolute Gasteiger partial charge is 0.242 e. The van der Waals surface area contributed by atoms with Gasteiger partial charge >= 0.3 is 0 Å². The lowest BCUT2D eigenvalue weighted by Crippen LogP contribution is -2.34. The second-order valence-electron chi connectivity index (χ2n) is 7.14. The highest BCUT2D eigenvalue weighted by Crippen LogP contribution is 2.33. The summed E-state index contributed by atoms with van der Waals surface area (Å²) in [5, 5.41) is 0.245. The van der Waals surface area contributed by atoms with E-state index in [9.17, 15) is 8.42 Å². The first-order valence-corrected chi connectivity index (χ1v) is 11.4. The zero-order valence-electron chi connectivity index (χ0n) is 17.0. The fraction of sp³-hybridized carbons (Fsp3) is 0.429. The van der Waals surface area contributed by atoms with Gasteiger partial charge < -0.3 is 9.47 Å². The lowest BCUT2D eigenvalue weighted by atomic mass is 9.98. The van der Waals surface area contributed by atoms with Crippen LogP contribution in [-0.2, 0) is 23.0 Å². The minimum absolute atomic E-state index is 0.162. The Hall–Kier alpha value is -1.80. The molecule has 1 heterocycles. The van der Waals surface area contributed by atoms with Crippen LogP contribution in [0.3, 0.4) is 0 Å². The van der Waals surface area contributed by atoms with E-state index < -0.39 is 10.0 Å². The predicted molar refractivity (Wildman–Crippen MR) is 115 cm³/mol. The second kappa shape index (κ2) is 9.34. The number of ether oxygens (including phenoxy) is 2. The summed E-state index contributed by atoms with van der Waals surface area (Å²) in [6.07, 6.45) is 1.64. The second-order valence-corrected chi connectivity index (χ2v) is 9.25. The zero-order valence-corrected chi connectivity index (χ0v) is 18.6. The first kappa shape index (κ1) is 21.9. The maximum atomic E-state index is 12.6. The van der Waals surface area contributed by atoms with Gasteiger partial charge in [-0.15, -0.1) is 0 Å². The van der Waals surface area contributed by atoms with Gasteiger partial charge in [-0.2, -0.15) is 0 Å². The summed E-state index contributed by atoms with van der Waals surface area (Å²) in [5.74, 6) is 1.49. The maximum Gasteiger partial charge on any atom is 0.242 e. The van der Waals surface area contributed by atoms with Crippen molar-refractivity contribution in [3.63, 3.8) is 0 Å². The van der Waals surface area contributed by atoms with Crippen molar-refractivity contribution in [3.8, 4) is 11.5 Å². The Morgan fingerprint density at radius 1 is 1.14 bits per heavy atom. The van der Waals surface area contributed by atoms with E-state index in [4.69, 9.17) is 21.1 Å². The van der Waals surface area contributed by atoms with E-state index in [2.05, 4.69) is 9.62 Å². The molecule has 6 nitrogen and oxygen atoms in total. The minimum atomic E-state index is -3.62. The Balaban J connectivity index is 1.56. The first-order valence-electron chi connectivity index (χ1n) is 9.56. The molecule has 2 aromatic carbocycles. The molecule has 0 aromatic heterocycles. The Bertz CT molecular complexity index is 959. The van der Waals surface area contributed by atoms with Crippen molar-refractivity contribution in [2.75, 3.05) is 33.9 Å². The fourth-order valence-electron chi connectivity index (χ4n) is 3.67. The SMILES string of the molecule is COc1cc2c(cc1OC)CN(CCCNS(=O)(=O)c1c(C)cccc1Cl)CC2. The quantitative estimate of drug-likeness (QED) is 0.640. The van der Waals surface area contributed by atoms with Crippen molar-refractivity contribution >= 4 is 21.6 Å². The molecule has 1 N–H and O–H groups in total. The molecule has 2 aromatic rings. The summed E-state index contributed by atoms with van der Waals surface area (Å²) in [6, 6.07) is 9.16.